The van der Waals surface area contributed by atoms with Gasteiger partial charge in [0.25, 0.3) is 5.91 Å². The van der Waals surface area contributed by atoms with Gasteiger partial charge >= 0.3 is 0 Å². The average Bonchev–Trinajstić information content (AvgIpc) is 3.12. The molecule has 6 nitrogen and oxygen atoms in total. The molecular formula is C16H9Cl2F3N4O2. The van der Waals surface area contributed by atoms with Gasteiger partial charge in [-0.25, -0.2) is 22.8 Å². The maximum absolute atomic E-state index is 13.2. The predicted octanol–water partition coefficient (Wildman–Crippen LogP) is 3.63. The minimum Gasteiger partial charge on any atom is -0.505 e. The van der Waals surface area contributed by atoms with Crippen molar-refractivity contribution < 1.29 is 23.1 Å². The van der Waals surface area contributed by atoms with Crippen molar-refractivity contribution in [3.05, 3.63) is 69.5 Å². The first kappa shape index (κ1) is 19.0. The number of carbonyl (C=O) groups excluding carboxylic acids is 1. The molecule has 0 saturated carbocycles. The molecular weight excluding hydrogens is 408 g/mol. The molecule has 0 aliphatic rings. The van der Waals surface area contributed by atoms with Crippen molar-refractivity contribution in [1.82, 2.24) is 20.1 Å². The minimum absolute atomic E-state index is 0.0145. The fraction of sp³-hybridized carbons (Fsp3) is 0.0625. The summed E-state index contributed by atoms with van der Waals surface area (Å²) in [5.74, 6) is -5.56. The second-order valence-corrected chi connectivity index (χ2v) is 6.14. The standard InChI is InChI=1S/C16H9Cl2F3N4O2/c17-9-3-8(4-10(18)14(9)26)25-6-23-15(24-25)16(27)22-5-7-1-11(19)13(21)12(20)2-7/h1-4,6,26H,5H2,(H,22,27). The third-order valence-corrected chi connectivity index (χ3v) is 4.03. The Balaban J connectivity index is 1.74. The number of nitrogens with zero attached hydrogens (tertiary/aromatic N) is 3. The van der Waals surface area contributed by atoms with E-state index < -0.39 is 23.4 Å². The van der Waals surface area contributed by atoms with Crippen molar-refractivity contribution in [2.75, 3.05) is 0 Å². The third-order valence-electron chi connectivity index (χ3n) is 3.46. The summed E-state index contributed by atoms with van der Waals surface area (Å²) in [6.07, 6.45) is 1.21. The number of nitrogens with one attached hydrogen (secondary N) is 1. The number of aromatic hydroxyl groups is 1. The van der Waals surface area contributed by atoms with Crippen molar-refractivity contribution in [3.63, 3.8) is 0 Å². The molecule has 1 amide bonds. The van der Waals surface area contributed by atoms with E-state index in [2.05, 4.69) is 15.4 Å². The van der Waals surface area contributed by atoms with E-state index in [4.69, 9.17) is 23.2 Å². The Bertz CT molecular complexity index is 996. The molecule has 11 heteroatoms. The van der Waals surface area contributed by atoms with E-state index in [0.29, 0.717) is 5.69 Å². The van der Waals surface area contributed by atoms with Gasteiger partial charge in [-0.3, -0.25) is 4.79 Å². The van der Waals surface area contributed by atoms with Crippen LogP contribution in [0.1, 0.15) is 16.2 Å². The van der Waals surface area contributed by atoms with Crippen LogP contribution < -0.4 is 5.32 Å². The van der Waals surface area contributed by atoms with Crippen LogP contribution in [-0.4, -0.2) is 25.8 Å². The zero-order valence-corrected chi connectivity index (χ0v) is 14.7. The highest BCUT2D eigenvalue weighted by atomic mass is 35.5. The number of amides is 1. The van der Waals surface area contributed by atoms with Gasteiger partial charge in [-0.1, -0.05) is 23.2 Å². The first-order chi connectivity index (χ1) is 12.8. The van der Waals surface area contributed by atoms with E-state index in [-0.39, 0.29) is 33.7 Å². The highest BCUT2D eigenvalue weighted by molar-refractivity contribution is 6.37. The van der Waals surface area contributed by atoms with Gasteiger partial charge in [-0.05, 0) is 29.8 Å². The van der Waals surface area contributed by atoms with Crippen LogP contribution in [0.25, 0.3) is 5.69 Å². The lowest BCUT2D eigenvalue weighted by molar-refractivity contribution is 0.0940. The number of phenolic OH excluding ortho intramolecular Hbond substituents is 1. The summed E-state index contributed by atoms with van der Waals surface area (Å²) < 4.78 is 40.5. The Kier molecular flexibility index (Phi) is 5.24. The largest absolute Gasteiger partial charge is 0.505 e. The van der Waals surface area contributed by atoms with Crippen LogP contribution in [0.15, 0.2) is 30.6 Å². The number of phenols is 1. The van der Waals surface area contributed by atoms with E-state index in [1.165, 1.54) is 23.1 Å². The number of hydrogen-bond acceptors (Lipinski definition) is 4. The molecule has 0 radical (unpaired) electrons. The van der Waals surface area contributed by atoms with Crippen LogP contribution in [0, 0.1) is 17.5 Å². The van der Waals surface area contributed by atoms with Gasteiger partial charge < -0.3 is 10.4 Å². The summed E-state index contributed by atoms with van der Waals surface area (Å²) in [7, 11) is 0. The number of hydrogen-bond donors (Lipinski definition) is 2. The Morgan fingerprint density at radius 1 is 1.11 bits per heavy atom. The van der Waals surface area contributed by atoms with Gasteiger partial charge in [-0.2, -0.15) is 0 Å². The lowest BCUT2D eigenvalue weighted by Crippen LogP contribution is -2.24. The van der Waals surface area contributed by atoms with Gasteiger partial charge in [0.05, 0.1) is 15.7 Å². The van der Waals surface area contributed by atoms with E-state index in [9.17, 15) is 23.1 Å². The minimum atomic E-state index is -1.59. The van der Waals surface area contributed by atoms with E-state index >= 15 is 0 Å². The Hall–Kier alpha value is -2.78. The summed E-state index contributed by atoms with van der Waals surface area (Å²) in [5.41, 5.74) is 0.369. The molecule has 0 bridgehead atoms. The Morgan fingerprint density at radius 2 is 1.70 bits per heavy atom. The molecule has 0 fully saturated rings. The molecule has 0 spiro atoms. The number of benzene rings is 2. The van der Waals surface area contributed by atoms with E-state index in [0.717, 1.165) is 12.1 Å². The maximum atomic E-state index is 13.2. The second-order valence-electron chi connectivity index (χ2n) is 5.33. The zero-order chi connectivity index (χ0) is 19.7. The molecule has 1 heterocycles. The lowest BCUT2D eigenvalue weighted by atomic mass is 10.2. The molecule has 2 aromatic carbocycles. The molecule has 1 aromatic heterocycles. The van der Waals surface area contributed by atoms with Gasteiger partial charge in [0.1, 0.15) is 6.33 Å². The highest BCUT2D eigenvalue weighted by Gasteiger charge is 2.15. The van der Waals surface area contributed by atoms with Crippen LogP contribution >= 0.6 is 23.2 Å². The molecule has 3 aromatic rings. The van der Waals surface area contributed by atoms with Crippen molar-refractivity contribution >= 4 is 29.1 Å². The molecule has 0 unspecified atom stereocenters. The summed E-state index contributed by atoms with van der Waals surface area (Å²) in [5, 5.41) is 15.8. The third kappa shape index (κ3) is 3.99. The summed E-state index contributed by atoms with van der Waals surface area (Å²) in [6.45, 7) is -0.266. The molecule has 0 saturated heterocycles. The topological polar surface area (TPSA) is 80.0 Å². The number of carbonyl (C=O) groups is 1. The predicted molar refractivity (Wildman–Crippen MR) is 90.5 cm³/mol. The zero-order valence-electron chi connectivity index (χ0n) is 13.2. The van der Waals surface area contributed by atoms with Crippen LogP contribution in [0.5, 0.6) is 5.75 Å². The maximum Gasteiger partial charge on any atom is 0.291 e. The van der Waals surface area contributed by atoms with Crippen LogP contribution in [0.4, 0.5) is 13.2 Å². The van der Waals surface area contributed by atoms with Crippen molar-refractivity contribution in [3.8, 4) is 11.4 Å². The van der Waals surface area contributed by atoms with Crippen LogP contribution in [0.3, 0.4) is 0 Å². The molecule has 0 atom stereocenters. The fourth-order valence-electron chi connectivity index (χ4n) is 2.15. The monoisotopic (exact) mass is 416 g/mol. The van der Waals surface area contributed by atoms with E-state index in [1.807, 2.05) is 0 Å². The van der Waals surface area contributed by atoms with Crippen molar-refractivity contribution in [2.45, 2.75) is 6.54 Å². The van der Waals surface area contributed by atoms with Gasteiger partial charge in [0.2, 0.25) is 5.82 Å². The average molecular weight is 417 g/mol. The number of halogens is 5. The molecule has 27 heavy (non-hydrogen) atoms. The quantitative estimate of drug-likeness (QED) is 0.636. The van der Waals surface area contributed by atoms with Crippen LogP contribution in [0.2, 0.25) is 10.0 Å². The van der Waals surface area contributed by atoms with Crippen molar-refractivity contribution in [1.29, 1.82) is 0 Å². The Labute approximate surface area is 160 Å². The summed E-state index contributed by atoms with van der Waals surface area (Å²) in [4.78, 5) is 15.9. The normalized spacial score (nSPS) is 10.9. The second kappa shape index (κ2) is 7.45. The number of rotatable bonds is 4. The van der Waals surface area contributed by atoms with E-state index in [1.54, 1.807) is 0 Å². The van der Waals surface area contributed by atoms with Gasteiger partial charge in [0.15, 0.2) is 23.2 Å². The highest BCUT2D eigenvalue weighted by Crippen LogP contribution is 2.33. The lowest BCUT2D eigenvalue weighted by Gasteiger charge is -2.05. The molecule has 0 aliphatic carbocycles. The molecule has 3 rings (SSSR count). The fourth-order valence-corrected chi connectivity index (χ4v) is 2.62. The van der Waals surface area contributed by atoms with Crippen molar-refractivity contribution in [2.24, 2.45) is 0 Å². The first-order valence-electron chi connectivity index (χ1n) is 7.28. The first-order valence-corrected chi connectivity index (χ1v) is 8.03. The summed E-state index contributed by atoms with van der Waals surface area (Å²) >= 11 is 11.7. The molecule has 140 valence electrons. The smallest absolute Gasteiger partial charge is 0.291 e. The van der Waals surface area contributed by atoms with Gasteiger partial charge in [-0.15, -0.1) is 5.10 Å². The molecule has 2 N–H and O–H groups in total. The molecule has 0 aliphatic heterocycles. The van der Waals surface area contributed by atoms with Crippen LogP contribution in [-0.2, 0) is 6.54 Å². The SMILES string of the molecule is O=C(NCc1cc(F)c(F)c(F)c1)c1ncn(-c2cc(Cl)c(O)c(Cl)c2)n1. The summed E-state index contributed by atoms with van der Waals surface area (Å²) in [6, 6.07) is 4.27. The number of aromatic nitrogens is 3. The Morgan fingerprint density at radius 3 is 2.30 bits per heavy atom. The van der Waals surface area contributed by atoms with Gasteiger partial charge in [0, 0.05) is 6.54 Å².